The highest BCUT2D eigenvalue weighted by molar-refractivity contribution is 5.87. The van der Waals surface area contributed by atoms with Gasteiger partial charge in [-0.25, -0.2) is 0 Å². The van der Waals surface area contributed by atoms with Gasteiger partial charge in [0.25, 0.3) is 0 Å². The minimum absolute atomic E-state index is 0.0427. The number of nitriles is 1. The Labute approximate surface area is 216 Å². The van der Waals surface area contributed by atoms with Crippen LogP contribution in [0.25, 0.3) is 0 Å². The first kappa shape index (κ1) is 24.5. The van der Waals surface area contributed by atoms with Gasteiger partial charge in [-0.2, -0.15) is 18.4 Å². The van der Waals surface area contributed by atoms with Crippen LogP contribution in [0.4, 0.5) is 13.2 Å². The zero-order valence-corrected chi connectivity index (χ0v) is 21.1. The summed E-state index contributed by atoms with van der Waals surface area (Å²) < 4.78 is 39.9. The zero-order chi connectivity index (χ0) is 26.0. The topological polar surface area (TPSA) is 47.3 Å². The lowest BCUT2D eigenvalue weighted by Gasteiger charge is -2.41. The molecule has 194 valence electrons. The van der Waals surface area contributed by atoms with E-state index in [9.17, 15) is 23.2 Å². The minimum atomic E-state index is -4.38. The van der Waals surface area contributed by atoms with Crippen LogP contribution in [0.1, 0.15) is 61.3 Å². The molecule has 4 aliphatic rings. The van der Waals surface area contributed by atoms with Crippen LogP contribution >= 0.6 is 0 Å². The minimum Gasteiger partial charge on any atom is -0.334 e. The van der Waals surface area contributed by atoms with E-state index < -0.39 is 22.6 Å². The Morgan fingerprint density at radius 3 is 2.43 bits per heavy atom. The molecular weight excluding hydrogens is 475 g/mol. The second kappa shape index (κ2) is 8.59. The van der Waals surface area contributed by atoms with Crippen LogP contribution in [0.15, 0.2) is 48.5 Å². The van der Waals surface area contributed by atoms with Crippen molar-refractivity contribution in [2.45, 2.75) is 75.7 Å². The van der Waals surface area contributed by atoms with E-state index in [2.05, 4.69) is 17.9 Å². The van der Waals surface area contributed by atoms with Crippen LogP contribution in [-0.4, -0.2) is 40.9 Å². The molecule has 1 aliphatic carbocycles. The molecule has 1 spiro atoms. The molecule has 0 radical (unpaired) electrons. The molecule has 4 nitrogen and oxygen atoms in total. The van der Waals surface area contributed by atoms with Crippen molar-refractivity contribution in [1.82, 2.24) is 9.80 Å². The second-order valence-electron chi connectivity index (χ2n) is 11.6. The average Bonchev–Trinajstić information content (AvgIpc) is 3.44. The van der Waals surface area contributed by atoms with Crippen LogP contribution < -0.4 is 0 Å². The standard InChI is InChI=1S/C30H32F3N3O/c1-20-26-16-21-7-8-24(30(31,32)33)15-22(21)18-36(26)27(37)29(20)10-9-25(17-29)35-13-11-28(19-34,12-14-35)23-5-3-2-4-6-23/h2-8,15,20,25-26H,9-14,16-18H2,1H3. The predicted octanol–water partition coefficient (Wildman–Crippen LogP) is 5.70. The quantitative estimate of drug-likeness (QED) is 0.524. The van der Waals surface area contributed by atoms with Crippen molar-refractivity contribution < 1.29 is 18.0 Å². The Kier molecular flexibility index (Phi) is 5.69. The first-order chi connectivity index (χ1) is 17.7. The predicted molar refractivity (Wildman–Crippen MR) is 133 cm³/mol. The highest BCUT2D eigenvalue weighted by atomic mass is 19.4. The van der Waals surface area contributed by atoms with Crippen molar-refractivity contribution in [2.24, 2.45) is 11.3 Å². The van der Waals surface area contributed by atoms with Gasteiger partial charge < -0.3 is 9.80 Å². The molecule has 0 aromatic heterocycles. The Hall–Kier alpha value is -2.85. The van der Waals surface area contributed by atoms with Crippen molar-refractivity contribution in [1.29, 1.82) is 5.26 Å². The number of halogens is 3. The summed E-state index contributed by atoms with van der Waals surface area (Å²) in [6.45, 7) is 4.12. The number of rotatable bonds is 2. The smallest absolute Gasteiger partial charge is 0.334 e. The molecule has 2 saturated heterocycles. The van der Waals surface area contributed by atoms with E-state index in [1.807, 2.05) is 35.2 Å². The maximum absolute atomic E-state index is 13.9. The van der Waals surface area contributed by atoms with E-state index in [0.717, 1.165) is 56.3 Å². The highest BCUT2D eigenvalue weighted by Crippen LogP contribution is 2.56. The molecule has 7 heteroatoms. The number of carbonyl (C=O) groups is 1. The summed E-state index contributed by atoms with van der Waals surface area (Å²) in [4.78, 5) is 18.2. The van der Waals surface area contributed by atoms with Gasteiger partial charge in [-0.3, -0.25) is 4.79 Å². The summed E-state index contributed by atoms with van der Waals surface area (Å²) in [7, 11) is 0. The number of hydrogen-bond donors (Lipinski definition) is 0. The van der Waals surface area contributed by atoms with Crippen LogP contribution in [0, 0.1) is 22.7 Å². The number of piperidine rings is 1. The highest BCUT2D eigenvalue weighted by Gasteiger charge is 2.61. The van der Waals surface area contributed by atoms with E-state index in [1.54, 1.807) is 6.07 Å². The van der Waals surface area contributed by atoms with Crippen LogP contribution in [0.3, 0.4) is 0 Å². The van der Waals surface area contributed by atoms with E-state index in [1.165, 1.54) is 12.1 Å². The molecule has 3 fully saturated rings. The third-order valence-electron chi connectivity index (χ3n) is 10.1. The van der Waals surface area contributed by atoms with E-state index in [4.69, 9.17) is 0 Å². The number of carbonyl (C=O) groups excluding carboxylic acids is 1. The summed E-state index contributed by atoms with van der Waals surface area (Å²) in [5, 5.41) is 10.1. The fourth-order valence-corrected chi connectivity index (χ4v) is 7.76. The average molecular weight is 508 g/mol. The summed E-state index contributed by atoms with van der Waals surface area (Å²) in [6.07, 6.45) is 0.387. The van der Waals surface area contributed by atoms with Crippen molar-refractivity contribution in [3.8, 4) is 6.07 Å². The molecule has 4 unspecified atom stereocenters. The number of likely N-dealkylation sites (tertiary alicyclic amines) is 1. The SMILES string of the molecule is CC1C2Cc3ccc(C(F)(F)F)cc3CN2C(=O)C12CCC(N1CCC(C#N)(c3ccccc3)CC1)C2. The van der Waals surface area contributed by atoms with Crippen molar-refractivity contribution in [3.63, 3.8) is 0 Å². The molecule has 3 heterocycles. The molecule has 37 heavy (non-hydrogen) atoms. The molecule has 4 atom stereocenters. The molecule has 0 N–H and O–H groups in total. The van der Waals surface area contributed by atoms with E-state index in [0.29, 0.717) is 18.0 Å². The van der Waals surface area contributed by atoms with E-state index >= 15 is 0 Å². The lowest BCUT2D eigenvalue weighted by atomic mass is 9.72. The lowest BCUT2D eigenvalue weighted by molar-refractivity contribution is -0.138. The van der Waals surface area contributed by atoms with Gasteiger partial charge in [0.1, 0.15) is 0 Å². The first-order valence-corrected chi connectivity index (χ1v) is 13.4. The van der Waals surface area contributed by atoms with Crippen molar-refractivity contribution in [3.05, 3.63) is 70.8 Å². The lowest BCUT2D eigenvalue weighted by Crippen LogP contribution is -2.46. The molecule has 2 aromatic rings. The van der Waals surface area contributed by atoms with Gasteiger partial charge in [0.2, 0.25) is 5.91 Å². The van der Waals surface area contributed by atoms with Gasteiger partial charge in [-0.1, -0.05) is 43.3 Å². The molecular formula is C30H32F3N3O. The normalized spacial score (nSPS) is 31.3. The third-order valence-corrected chi connectivity index (χ3v) is 10.1. The fraction of sp³-hybridized carbons (Fsp3) is 0.533. The van der Waals surface area contributed by atoms with E-state index in [-0.39, 0.29) is 24.4 Å². The van der Waals surface area contributed by atoms with Gasteiger partial charge in [-0.05, 0) is 73.3 Å². The fourth-order valence-electron chi connectivity index (χ4n) is 7.76. The van der Waals surface area contributed by atoms with Crippen molar-refractivity contribution in [2.75, 3.05) is 13.1 Å². The number of alkyl halides is 3. The molecule has 3 aliphatic heterocycles. The Morgan fingerprint density at radius 2 is 1.76 bits per heavy atom. The van der Waals surface area contributed by atoms with Crippen LogP contribution in [0.5, 0.6) is 0 Å². The molecule has 6 rings (SSSR count). The molecule has 1 saturated carbocycles. The van der Waals surface area contributed by atoms with Gasteiger partial charge in [-0.15, -0.1) is 0 Å². The first-order valence-electron chi connectivity index (χ1n) is 13.4. The summed E-state index contributed by atoms with van der Waals surface area (Å²) in [5.74, 6) is 0.288. The maximum atomic E-state index is 13.9. The van der Waals surface area contributed by atoms with Crippen LogP contribution in [-0.2, 0) is 29.4 Å². The maximum Gasteiger partial charge on any atom is 0.416 e. The van der Waals surface area contributed by atoms with Gasteiger partial charge in [0, 0.05) is 31.7 Å². The van der Waals surface area contributed by atoms with Gasteiger partial charge in [0.05, 0.1) is 22.5 Å². The molecule has 1 amide bonds. The molecule has 2 aromatic carbocycles. The Balaban J connectivity index is 1.17. The Bertz CT molecular complexity index is 1240. The zero-order valence-electron chi connectivity index (χ0n) is 21.1. The number of benzene rings is 2. The van der Waals surface area contributed by atoms with Gasteiger partial charge >= 0.3 is 6.18 Å². The molecule has 0 bridgehead atoms. The Morgan fingerprint density at radius 1 is 1.03 bits per heavy atom. The largest absolute Gasteiger partial charge is 0.416 e. The van der Waals surface area contributed by atoms with Gasteiger partial charge in [0.15, 0.2) is 0 Å². The second-order valence-corrected chi connectivity index (χ2v) is 11.6. The number of hydrogen-bond acceptors (Lipinski definition) is 3. The summed E-state index contributed by atoms with van der Waals surface area (Å²) in [5.41, 5.74) is 1.12. The monoisotopic (exact) mass is 507 g/mol. The number of fused-ring (bicyclic) bond motifs is 2. The summed E-state index contributed by atoms with van der Waals surface area (Å²) in [6, 6.07) is 17.0. The van der Waals surface area contributed by atoms with Crippen molar-refractivity contribution >= 4 is 5.91 Å². The third kappa shape index (κ3) is 3.79. The summed E-state index contributed by atoms with van der Waals surface area (Å²) >= 11 is 0. The number of nitrogens with zero attached hydrogens (tertiary/aromatic N) is 3. The number of amides is 1. The van der Waals surface area contributed by atoms with Crippen LogP contribution in [0.2, 0.25) is 0 Å².